The van der Waals surface area contributed by atoms with E-state index in [1.54, 1.807) is 14.1 Å². The fourth-order valence-electron chi connectivity index (χ4n) is 1.16. The number of benzene rings is 1. The third-order valence-electron chi connectivity index (χ3n) is 2.02. The highest BCUT2D eigenvalue weighted by atomic mass is 32.1. The zero-order valence-corrected chi connectivity index (χ0v) is 9.58. The fourth-order valence-corrected chi connectivity index (χ4v) is 1.38. The van der Waals surface area contributed by atoms with Crippen LogP contribution in [0.5, 0.6) is 0 Å². The first kappa shape index (κ1) is 11.0. The number of nitrogens with zero attached hydrogens (tertiary/aromatic N) is 2. The van der Waals surface area contributed by atoms with Gasteiger partial charge in [0.2, 0.25) is 0 Å². The summed E-state index contributed by atoms with van der Waals surface area (Å²) in [6, 6.07) is 5.70. The summed E-state index contributed by atoms with van der Waals surface area (Å²) in [5.41, 5.74) is 1.73. The summed E-state index contributed by atoms with van der Waals surface area (Å²) in [5, 5.41) is 1.48. The SMILES string of the molecule is CCc1ccc(S)c([N+](=O)N(C)C)c1. The Morgan fingerprint density at radius 3 is 2.57 bits per heavy atom. The van der Waals surface area contributed by atoms with Gasteiger partial charge in [0, 0.05) is 6.07 Å². The normalized spacial score (nSPS) is 10.0. The molecule has 0 aliphatic heterocycles. The molecule has 1 rings (SSSR count). The Balaban J connectivity index is 3.12. The van der Waals surface area contributed by atoms with Crippen molar-refractivity contribution in [1.29, 1.82) is 0 Å². The van der Waals surface area contributed by atoms with Crippen molar-refractivity contribution in [3.8, 4) is 0 Å². The van der Waals surface area contributed by atoms with Gasteiger partial charge < -0.3 is 0 Å². The van der Waals surface area contributed by atoms with Crippen molar-refractivity contribution >= 4 is 18.3 Å². The molecule has 1 aromatic carbocycles. The van der Waals surface area contributed by atoms with E-state index >= 15 is 0 Å². The number of nitroso groups, excluding NO2 is 1. The van der Waals surface area contributed by atoms with Gasteiger partial charge in [0.15, 0.2) is 4.87 Å². The second-order valence-corrected chi connectivity index (χ2v) is 3.78. The molecule has 0 unspecified atom stereocenters. The van der Waals surface area contributed by atoms with Crippen molar-refractivity contribution in [3.63, 3.8) is 0 Å². The molecule has 0 saturated carbocycles. The molecule has 0 radical (unpaired) electrons. The first-order chi connectivity index (χ1) is 6.56. The second kappa shape index (κ2) is 4.46. The van der Waals surface area contributed by atoms with Crippen molar-refractivity contribution in [2.45, 2.75) is 18.2 Å². The summed E-state index contributed by atoms with van der Waals surface area (Å²) in [6.45, 7) is 2.06. The molecule has 0 aliphatic carbocycles. The topological polar surface area (TPSA) is 23.3 Å². The Kier molecular flexibility index (Phi) is 3.52. The van der Waals surface area contributed by atoms with E-state index in [-0.39, 0.29) is 0 Å². The Labute approximate surface area is 89.7 Å². The van der Waals surface area contributed by atoms with Crippen LogP contribution in [0, 0.1) is 4.91 Å². The Morgan fingerprint density at radius 2 is 2.07 bits per heavy atom. The molecule has 0 fully saturated rings. The number of hydrazine groups is 1. The fraction of sp³-hybridized carbons (Fsp3) is 0.400. The number of thiol groups is 1. The van der Waals surface area contributed by atoms with Gasteiger partial charge in [-0.05, 0) is 18.1 Å². The van der Waals surface area contributed by atoms with Gasteiger partial charge in [-0.2, -0.15) is 0 Å². The molecule has 0 amide bonds. The standard InChI is InChI=1S/C10H14N2OS/c1-4-8-5-6-10(14)9(7-8)12(13)11(2)3/h5-7H,4H2,1-3H3/p+1. The van der Waals surface area contributed by atoms with Crippen molar-refractivity contribution in [3.05, 3.63) is 28.7 Å². The average molecular weight is 211 g/mol. The Hall–Kier alpha value is -1.03. The van der Waals surface area contributed by atoms with Gasteiger partial charge in [0.1, 0.15) is 0 Å². The van der Waals surface area contributed by atoms with E-state index in [0.29, 0.717) is 10.6 Å². The molecular formula is C10H15N2OS+. The average Bonchev–Trinajstić information content (AvgIpc) is 2.17. The van der Waals surface area contributed by atoms with E-state index in [4.69, 9.17) is 0 Å². The van der Waals surface area contributed by atoms with Gasteiger partial charge in [-0.15, -0.1) is 17.6 Å². The molecular weight excluding hydrogens is 196 g/mol. The number of hydrogen-bond acceptors (Lipinski definition) is 2. The third kappa shape index (κ3) is 2.26. The highest BCUT2D eigenvalue weighted by Crippen LogP contribution is 2.24. The lowest BCUT2D eigenvalue weighted by molar-refractivity contribution is -0.629. The van der Waals surface area contributed by atoms with E-state index in [1.807, 2.05) is 18.2 Å². The largest absolute Gasteiger partial charge is 0.305 e. The zero-order chi connectivity index (χ0) is 10.7. The minimum Gasteiger partial charge on any atom is -0.141 e. The lowest BCUT2D eigenvalue weighted by atomic mass is 10.1. The first-order valence-electron chi connectivity index (χ1n) is 4.52. The van der Waals surface area contributed by atoms with E-state index in [0.717, 1.165) is 16.9 Å². The molecule has 0 spiro atoms. The van der Waals surface area contributed by atoms with Gasteiger partial charge in [0.25, 0.3) is 0 Å². The van der Waals surface area contributed by atoms with E-state index in [1.165, 1.54) is 5.01 Å². The van der Waals surface area contributed by atoms with Crippen LogP contribution >= 0.6 is 12.6 Å². The number of rotatable bonds is 3. The summed E-state index contributed by atoms with van der Waals surface area (Å²) in [5.74, 6) is 0. The molecule has 0 aliphatic rings. The Bertz CT molecular complexity index is 350. The maximum atomic E-state index is 11.6. The van der Waals surface area contributed by atoms with Gasteiger partial charge >= 0.3 is 5.69 Å². The van der Waals surface area contributed by atoms with Crippen LogP contribution in [0.2, 0.25) is 0 Å². The van der Waals surface area contributed by atoms with Crippen LogP contribution < -0.4 is 0 Å². The molecule has 14 heavy (non-hydrogen) atoms. The van der Waals surface area contributed by atoms with Crippen LogP contribution in [0.15, 0.2) is 23.1 Å². The molecule has 4 heteroatoms. The summed E-state index contributed by atoms with van der Waals surface area (Å²) >= 11 is 4.25. The predicted molar refractivity (Wildman–Crippen MR) is 60.0 cm³/mol. The summed E-state index contributed by atoms with van der Waals surface area (Å²) < 4.78 is 0. The quantitative estimate of drug-likeness (QED) is 0.471. The van der Waals surface area contributed by atoms with Crippen LogP contribution in [0.4, 0.5) is 5.69 Å². The molecule has 0 atom stereocenters. The van der Waals surface area contributed by atoms with Gasteiger partial charge in [-0.25, -0.2) is 0 Å². The summed E-state index contributed by atoms with van der Waals surface area (Å²) in [6.07, 6.45) is 0.919. The molecule has 0 saturated heterocycles. The van der Waals surface area contributed by atoms with E-state index in [9.17, 15) is 4.91 Å². The molecule has 76 valence electrons. The lowest BCUT2D eigenvalue weighted by Gasteiger charge is -2.03. The van der Waals surface area contributed by atoms with Gasteiger partial charge in [-0.1, -0.05) is 13.0 Å². The first-order valence-corrected chi connectivity index (χ1v) is 4.97. The zero-order valence-electron chi connectivity index (χ0n) is 8.69. The monoisotopic (exact) mass is 211 g/mol. The molecule has 0 aromatic heterocycles. The maximum Gasteiger partial charge on any atom is 0.305 e. The molecule has 0 bridgehead atoms. The summed E-state index contributed by atoms with van der Waals surface area (Å²) in [4.78, 5) is 13.2. The van der Waals surface area contributed by atoms with Gasteiger partial charge in [-0.3, -0.25) is 0 Å². The van der Waals surface area contributed by atoms with Crippen molar-refractivity contribution in [2.24, 2.45) is 0 Å². The highest BCUT2D eigenvalue weighted by molar-refractivity contribution is 7.80. The van der Waals surface area contributed by atoms with E-state index < -0.39 is 0 Å². The molecule has 0 heterocycles. The lowest BCUT2D eigenvalue weighted by Crippen LogP contribution is -2.21. The minimum atomic E-state index is 0.595. The van der Waals surface area contributed by atoms with Crippen LogP contribution in [0.3, 0.4) is 0 Å². The molecule has 1 aromatic rings. The van der Waals surface area contributed by atoms with Crippen LogP contribution in [0.25, 0.3) is 0 Å². The number of hydrogen-bond donors (Lipinski definition) is 1. The van der Waals surface area contributed by atoms with Crippen LogP contribution in [-0.2, 0) is 6.42 Å². The predicted octanol–water partition coefficient (Wildman–Crippen LogP) is 2.42. The summed E-state index contributed by atoms with van der Waals surface area (Å²) in [7, 11) is 3.41. The highest BCUT2D eigenvalue weighted by Gasteiger charge is 2.20. The van der Waals surface area contributed by atoms with Crippen LogP contribution in [-0.4, -0.2) is 24.0 Å². The van der Waals surface area contributed by atoms with Crippen molar-refractivity contribution in [1.82, 2.24) is 5.01 Å². The van der Waals surface area contributed by atoms with Crippen molar-refractivity contribution in [2.75, 3.05) is 14.1 Å². The van der Waals surface area contributed by atoms with Crippen molar-refractivity contribution < 1.29 is 4.87 Å². The van der Waals surface area contributed by atoms with Crippen LogP contribution in [0.1, 0.15) is 12.5 Å². The maximum absolute atomic E-state index is 11.6. The van der Waals surface area contributed by atoms with Gasteiger partial charge in [0.05, 0.1) is 23.9 Å². The number of aryl methyl sites for hydroxylation is 1. The minimum absolute atomic E-state index is 0.595. The third-order valence-corrected chi connectivity index (χ3v) is 2.40. The second-order valence-electron chi connectivity index (χ2n) is 3.30. The Morgan fingerprint density at radius 1 is 1.43 bits per heavy atom. The van der Waals surface area contributed by atoms with E-state index in [2.05, 4.69) is 19.6 Å². The smallest absolute Gasteiger partial charge is 0.141 e. The molecule has 0 N–H and O–H groups in total. The molecule has 3 nitrogen and oxygen atoms in total.